The normalized spacial score (nSPS) is 12.5. The molecule has 3 aromatic rings. The topological polar surface area (TPSA) is 91.8 Å². The van der Waals surface area contributed by atoms with Gasteiger partial charge in [0.2, 0.25) is 18.0 Å². The average Bonchev–Trinajstić information content (AvgIpc) is 3.04. The second-order valence-electron chi connectivity index (χ2n) is 5.34. The minimum atomic E-state index is -0.486. The molecule has 7 nitrogen and oxygen atoms in total. The van der Waals surface area contributed by atoms with Gasteiger partial charge in [-0.05, 0) is 36.8 Å². The first kappa shape index (κ1) is 14.3. The molecule has 1 aliphatic heterocycles. The fourth-order valence-electron chi connectivity index (χ4n) is 2.81. The van der Waals surface area contributed by atoms with Gasteiger partial charge in [0.05, 0.1) is 15.9 Å². The van der Waals surface area contributed by atoms with E-state index < -0.39 is 4.92 Å². The van der Waals surface area contributed by atoms with E-state index in [1.54, 1.807) is 19.1 Å². The van der Waals surface area contributed by atoms with Gasteiger partial charge in [0.1, 0.15) is 5.76 Å². The molecule has 0 N–H and O–H groups in total. The van der Waals surface area contributed by atoms with Crippen molar-refractivity contribution in [2.45, 2.75) is 6.92 Å². The lowest BCUT2D eigenvalue weighted by Gasteiger charge is -2.08. The molecule has 4 rings (SSSR count). The van der Waals surface area contributed by atoms with Crippen molar-refractivity contribution < 1.29 is 18.8 Å². The van der Waals surface area contributed by atoms with Crippen LogP contribution in [-0.4, -0.2) is 11.7 Å². The van der Waals surface area contributed by atoms with Gasteiger partial charge >= 0.3 is 0 Å². The lowest BCUT2D eigenvalue weighted by molar-refractivity contribution is -0.384. The molecule has 0 aliphatic carbocycles. The highest BCUT2D eigenvalue weighted by Gasteiger charge is 2.23. The van der Waals surface area contributed by atoms with E-state index in [4.69, 9.17) is 13.9 Å². The summed E-state index contributed by atoms with van der Waals surface area (Å²) in [4.78, 5) is 23.2. The number of nitro groups is 1. The van der Waals surface area contributed by atoms with Gasteiger partial charge in [-0.15, -0.1) is 0 Å². The van der Waals surface area contributed by atoms with Crippen LogP contribution in [0.2, 0.25) is 0 Å². The van der Waals surface area contributed by atoms with E-state index in [9.17, 15) is 14.9 Å². The third-order valence-corrected chi connectivity index (χ3v) is 3.94. The molecule has 0 spiro atoms. The number of hydrogen-bond acceptors (Lipinski definition) is 6. The Kier molecular flexibility index (Phi) is 3.02. The number of nitrogens with zero attached hydrogens (tertiary/aromatic N) is 1. The lowest BCUT2D eigenvalue weighted by Crippen LogP contribution is -2.07. The zero-order valence-electron chi connectivity index (χ0n) is 12.6. The summed E-state index contributed by atoms with van der Waals surface area (Å²) < 4.78 is 16.5. The minimum Gasteiger partial charge on any atom is -0.456 e. The molecule has 0 bridgehead atoms. The third-order valence-electron chi connectivity index (χ3n) is 3.94. The van der Waals surface area contributed by atoms with Crippen LogP contribution in [0.3, 0.4) is 0 Å². The van der Waals surface area contributed by atoms with Crippen molar-refractivity contribution in [1.82, 2.24) is 0 Å². The maximum absolute atomic E-state index is 12.9. The van der Waals surface area contributed by atoms with Gasteiger partial charge in [-0.1, -0.05) is 0 Å². The summed E-state index contributed by atoms with van der Waals surface area (Å²) in [5, 5.41) is 11.1. The predicted octanol–water partition coefficient (Wildman–Crippen LogP) is 3.41. The molecule has 0 unspecified atom stereocenters. The van der Waals surface area contributed by atoms with Gasteiger partial charge in [-0.2, -0.15) is 0 Å². The highest BCUT2D eigenvalue weighted by molar-refractivity contribution is 5.89. The van der Waals surface area contributed by atoms with Crippen LogP contribution in [0.15, 0.2) is 45.6 Å². The molecule has 2 heterocycles. The molecule has 24 heavy (non-hydrogen) atoms. The van der Waals surface area contributed by atoms with E-state index in [1.807, 2.05) is 0 Å². The number of hydrogen-bond donors (Lipinski definition) is 0. The highest BCUT2D eigenvalue weighted by atomic mass is 16.7. The Morgan fingerprint density at radius 2 is 1.83 bits per heavy atom. The van der Waals surface area contributed by atoms with Crippen LogP contribution in [0, 0.1) is 17.0 Å². The fourth-order valence-corrected chi connectivity index (χ4v) is 2.81. The largest absolute Gasteiger partial charge is 0.456 e. The van der Waals surface area contributed by atoms with Gasteiger partial charge in [-0.3, -0.25) is 14.9 Å². The second kappa shape index (κ2) is 5.09. The summed E-state index contributed by atoms with van der Waals surface area (Å²) >= 11 is 0. The number of non-ortho nitro benzene ring substituents is 1. The van der Waals surface area contributed by atoms with Crippen molar-refractivity contribution in [3.05, 3.63) is 62.5 Å². The van der Waals surface area contributed by atoms with Crippen molar-refractivity contribution in [2.24, 2.45) is 0 Å². The summed E-state index contributed by atoms with van der Waals surface area (Å²) in [6.07, 6.45) is 0. The van der Waals surface area contributed by atoms with Crippen molar-refractivity contribution in [3.8, 4) is 22.6 Å². The highest BCUT2D eigenvalue weighted by Crippen LogP contribution is 2.39. The molecule has 0 fully saturated rings. The Labute approximate surface area is 135 Å². The van der Waals surface area contributed by atoms with Crippen LogP contribution >= 0.6 is 0 Å². The van der Waals surface area contributed by atoms with E-state index in [0.717, 1.165) is 0 Å². The van der Waals surface area contributed by atoms with Crippen molar-refractivity contribution >= 4 is 16.7 Å². The Morgan fingerprint density at radius 3 is 2.54 bits per heavy atom. The first-order valence-electron chi connectivity index (χ1n) is 7.17. The Bertz CT molecular complexity index is 1040. The molecule has 1 aromatic heterocycles. The number of benzene rings is 2. The average molecular weight is 325 g/mol. The molecule has 0 atom stereocenters. The zero-order chi connectivity index (χ0) is 16.8. The molecule has 1 aliphatic rings. The summed E-state index contributed by atoms with van der Waals surface area (Å²) in [6.45, 7) is 1.76. The van der Waals surface area contributed by atoms with Crippen molar-refractivity contribution in [2.75, 3.05) is 6.79 Å². The quantitative estimate of drug-likeness (QED) is 0.529. The molecular formula is C17H11NO6. The summed E-state index contributed by atoms with van der Waals surface area (Å²) in [7, 11) is 0. The summed E-state index contributed by atoms with van der Waals surface area (Å²) in [5.74, 6) is 1.36. The molecule has 0 amide bonds. The van der Waals surface area contributed by atoms with E-state index >= 15 is 0 Å². The zero-order valence-corrected chi connectivity index (χ0v) is 12.6. The number of fused-ring (bicyclic) bond motifs is 3. The second-order valence-corrected chi connectivity index (χ2v) is 5.34. The van der Waals surface area contributed by atoms with E-state index in [2.05, 4.69) is 0 Å². The SMILES string of the molecule is Cc1oc2c3c(ccc2c(=O)c1-c1ccc([N+](=O)[O-])cc1)OCO3. The standard InChI is InChI=1S/C17H11NO6/c1-9-14(10-2-4-11(5-3-10)18(20)21)15(19)12-6-7-13-17(16(12)24-9)23-8-22-13/h2-7H,8H2,1H3. The number of aryl methyl sites for hydroxylation is 1. The van der Waals surface area contributed by atoms with Crippen LogP contribution in [0.5, 0.6) is 11.5 Å². The Hall–Kier alpha value is -3.35. The van der Waals surface area contributed by atoms with Gasteiger partial charge < -0.3 is 13.9 Å². The third kappa shape index (κ3) is 2.02. The first-order chi connectivity index (χ1) is 11.6. The van der Waals surface area contributed by atoms with Crippen LogP contribution < -0.4 is 14.9 Å². The Morgan fingerprint density at radius 1 is 1.08 bits per heavy atom. The minimum absolute atomic E-state index is 0.0371. The predicted molar refractivity (Wildman–Crippen MR) is 85.4 cm³/mol. The van der Waals surface area contributed by atoms with Crippen LogP contribution in [0.4, 0.5) is 5.69 Å². The van der Waals surface area contributed by atoms with E-state index in [-0.39, 0.29) is 17.9 Å². The van der Waals surface area contributed by atoms with Crippen LogP contribution in [0.1, 0.15) is 5.76 Å². The molecular weight excluding hydrogens is 314 g/mol. The lowest BCUT2D eigenvalue weighted by atomic mass is 10.0. The van der Waals surface area contributed by atoms with Crippen LogP contribution in [-0.2, 0) is 0 Å². The van der Waals surface area contributed by atoms with Gasteiger partial charge in [0.25, 0.3) is 5.69 Å². The van der Waals surface area contributed by atoms with E-state index in [0.29, 0.717) is 39.4 Å². The summed E-state index contributed by atoms with van der Waals surface area (Å²) in [5.41, 5.74) is 1.02. The van der Waals surface area contributed by atoms with Crippen LogP contribution in [0.25, 0.3) is 22.1 Å². The molecule has 120 valence electrons. The smallest absolute Gasteiger partial charge is 0.269 e. The van der Waals surface area contributed by atoms with Gasteiger partial charge in [0.15, 0.2) is 11.3 Å². The van der Waals surface area contributed by atoms with Gasteiger partial charge in [0, 0.05) is 12.1 Å². The summed E-state index contributed by atoms with van der Waals surface area (Å²) in [6, 6.07) is 9.09. The molecule has 0 radical (unpaired) electrons. The van der Waals surface area contributed by atoms with Crippen molar-refractivity contribution in [3.63, 3.8) is 0 Å². The number of rotatable bonds is 2. The number of ether oxygens (including phenoxy) is 2. The molecule has 0 saturated heterocycles. The monoisotopic (exact) mass is 325 g/mol. The maximum atomic E-state index is 12.9. The van der Waals surface area contributed by atoms with E-state index in [1.165, 1.54) is 24.3 Å². The first-order valence-corrected chi connectivity index (χ1v) is 7.17. The van der Waals surface area contributed by atoms with Crippen molar-refractivity contribution in [1.29, 1.82) is 0 Å². The molecule has 0 saturated carbocycles. The molecule has 7 heteroatoms. The fraction of sp³-hybridized carbons (Fsp3) is 0.118. The maximum Gasteiger partial charge on any atom is 0.269 e. The van der Waals surface area contributed by atoms with Gasteiger partial charge in [-0.25, -0.2) is 0 Å². The Balaban J connectivity index is 1.95. The molecule has 2 aromatic carbocycles. The number of nitro benzene ring substituents is 1.